The molecule has 224 valence electrons. The zero-order chi connectivity index (χ0) is 30.2. The summed E-state index contributed by atoms with van der Waals surface area (Å²) in [6, 6.07) is 7.85. The SMILES string of the molecule is Cc1nc2c(ncn2[C@@H]2O[C@H](COP(=S)(N[C@@H](C)C(=O)OCC(C)(C)C)Oc3ccccc3)[C@@H](O)[C@@]2(C)O)c(=O)[nH]1. The van der Waals surface area contributed by atoms with Crippen molar-refractivity contribution in [3.05, 3.63) is 52.8 Å². The summed E-state index contributed by atoms with van der Waals surface area (Å²) in [6.07, 6.45) is -2.34. The predicted molar refractivity (Wildman–Crippen MR) is 154 cm³/mol. The number of carbonyl (C=O) groups is 1. The number of imidazole rings is 1. The van der Waals surface area contributed by atoms with Gasteiger partial charge in [-0.05, 0) is 50.1 Å². The molecule has 0 radical (unpaired) electrons. The fraction of sp³-hybridized carbons (Fsp3) is 0.538. The third-order valence-electron chi connectivity index (χ3n) is 6.29. The van der Waals surface area contributed by atoms with Crippen LogP contribution >= 0.6 is 6.64 Å². The van der Waals surface area contributed by atoms with E-state index in [4.69, 9.17) is 30.3 Å². The minimum absolute atomic E-state index is 0.0625. The standard InChI is InChI=1S/C26H36N5O8PS/c1-15(23(34)36-13-25(3,4)5)30-40(41,39-17-10-8-7-9-11-17)37-12-18-20(32)26(6,35)24(38-18)31-14-27-19-21(31)28-16(2)29-22(19)33/h7-11,14-15,18,20,24,32,35H,12-13H2,1-6H3,(H,30,41)(H,28,29,33)/t15-,18+,20+,24+,26+,40?/m0/s1. The van der Waals surface area contributed by atoms with Gasteiger partial charge in [0.15, 0.2) is 17.4 Å². The molecule has 1 saturated heterocycles. The van der Waals surface area contributed by atoms with E-state index in [1.54, 1.807) is 38.1 Å². The second-order valence-electron chi connectivity index (χ2n) is 11.4. The normalized spacial score (nSPS) is 25.1. The van der Waals surface area contributed by atoms with Gasteiger partial charge in [-0.2, -0.15) is 0 Å². The first-order valence-electron chi connectivity index (χ1n) is 13.0. The maximum atomic E-state index is 12.7. The first-order valence-corrected chi connectivity index (χ1v) is 15.7. The van der Waals surface area contributed by atoms with Gasteiger partial charge in [0, 0.05) is 0 Å². The number of fused-ring (bicyclic) bond motifs is 1. The Morgan fingerprint density at radius 3 is 2.68 bits per heavy atom. The fourth-order valence-electron chi connectivity index (χ4n) is 4.17. The Hall–Kier alpha value is -2.71. The van der Waals surface area contributed by atoms with E-state index in [0.29, 0.717) is 11.6 Å². The average Bonchev–Trinajstić information content (AvgIpc) is 3.39. The Kier molecular flexibility index (Phi) is 9.05. The van der Waals surface area contributed by atoms with Crippen LogP contribution in [0.2, 0.25) is 0 Å². The zero-order valence-corrected chi connectivity index (χ0v) is 25.4. The number of aliphatic hydroxyl groups is 2. The number of rotatable bonds is 10. The van der Waals surface area contributed by atoms with E-state index in [-0.39, 0.29) is 29.8 Å². The Morgan fingerprint density at radius 2 is 2.02 bits per heavy atom. The van der Waals surface area contributed by atoms with Crippen molar-refractivity contribution in [3.8, 4) is 5.75 Å². The van der Waals surface area contributed by atoms with Gasteiger partial charge < -0.3 is 33.7 Å². The third kappa shape index (κ3) is 7.20. The highest BCUT2D eigenvalue weighted by molar-refractivity contribution is 8.09. The number of aryl methyl sites for hydroxylation is 1. The molecule has 3 aromatic rings. The summed E-state index contributed by atoms with van der Waals surface area (Å²) in [5, 5.41) is 25.2. The molecule has 4 N–H and O–H groups in total. The molecule has 6 atom stereocenters. The van der Waals surface area contributed by atoms with Gasteiger partial charge >= 0.3 is 12.6 Å². The Labute approximate surface area is 242 Å². The third-order valence-corrected chi connectivity index (χ3v) is 8.79. The lowest BCUT2D eigenvalue weighted by Gasteiger charge is -2.29. The molecule has 15 heteroatoms. The van der Waals surface area contributed by atoms with Crippen LogP contribution in [-0.4, -0.2) is 72.8 Å². The van der Waals surface area contributed by atoms with E-state index in [2.05, 4.69) is 20.0 Å². The molecule has 0 aliphatic carbocycles. The van der Waals surface area contributed by atoms with Crippen LogP contribution in [0.3, 0.4) is 0 Å². The number of para-hydroxylation sites is 1. The molecular formula is C26H36N5O8PS. The number of aromatic nitrogens is 4. The summed E-state index contributed by atoms with van der Waals surface area (Å²) in [5.74, 6) is 0.231. The summed E-state index contributed by atoms with van der Waals surface area (Å²) in [7, 11) is 0. The summed E-state index contributed by atoms with van der Waals surface area (Å²) in [4.78, 5) is 36.0. The van der Waals surface area contributed by atoms with Gasteiger partial charge in [-0.25, -0.2) is 15.1 Å². The van der Waals surface area contributed by atoms with Crippen LogP contribution in [0, 0.1) is 12.3 Å². The topological polar surface area (TPSA) is 170 Å². The summed E-state index contributed by atoms with van der Waals surface area (Å²) >= 11 is 5.75. The van der Waals surface area contributed by atoms with Crippen LogP contribution in [0.25, 0.3) is 11.2 Å². The van der Waals surface area contributed by atoms with Crippen LogP contribution in [0.5, 0.6) is 5.75 Å². The molecule has 1 aliphatic heterocycles. The zero-order valence-electron chi connectivity index (χ0n) is 23.7. The van der Waals surface area contributed by atoms with E-state index >= 15 is 0 Å². The number of carbonyl (C=O) groups excluding carboxylic acids is 1. The van der Waals surface area contributed by atoms with Crippen molar-refractivity contribution in [2.45, 2.75) is 71.6 Å². The summed E-state index contributed by atoms with van der Waals surface area (Å²) in [5.41, 5.74) is -2.23. The van der Waals surface area contributed by atoms with Gasteiger partial charge in [-0.3, -0.25) is 14.2 Å². The smallest absolute Gasteiger partial charge is 0.323 e. The number of hydrogen-bond acceptors (Lipinski definition) is 11. The number of H-pyrrole nitrogens is 1. The number of ether oxygens (including phenoxy) is 2. The quantitative estimate of drug-likeness (QED) is 0.196. The van der Waals surface area contributed by atoms with E-state index in [1.165, 1.54) is 17.8 Å². The van der Waals surface area contributed by atoms with E-state index in [0.717, 1.165) is 0 Å². The van der Waals surface area contributed by atoms with Gasteiger partial charge in [0.25, 0.3) is 5.56 Å². The van der Waals surface area contributed by atoms with Crippen molar-refractivity contribution in [1.82, 2.24) is 24.6 Å². The van der Waals surface area contributed by atoms with Gasteiger partial charge in [0.1, 0.15) is 35.4 Å². The molecule has 13 nitrogen and oxygen atoms in total. The molecular weight excluding hydrogens is 573 g/mol. The average molecular weight is 610 g/mol. The molecule has 1 fully saturated rings. The summed E-state index contributed by atoms with van der Waals surface area (Å²) < 4.78 is 24.9. The highest BCUT2D eigenvalue weighted by Crippen LogP contribution is 2.47. The molecule has 4 rings (SSSR count). The molecule has 1 unspecified atom stereocenters. The first kappa shape index (κ1) is 31.2. The Morgan fingerprint density at radius 1 is 1.34 bits per heavy atom. The molecule has 0 spiro atoms. The molecule has 0 saturated carbocycles. The van der Waals surface area contributed by atoms with E-state index in [9.17, 15) is 19.8 Å². The number of benzene rings is 1. The number of aromatic amines is 1. The number of nitrogens with one attached hydrogen (secondary N) is 2. The van der Waals surface area contributed by atoms with Crippen LogP contribution in [-0.2, 0) is 30.6 Å². The largest absolute Gasteiger partial charge is 0.464 e. The Bertz CT molecular complexity index is 1490. The second kappa shape index (κ2) is 11.9. The second-order valence-corrected chi connectivity index (χ2v) is 14.5. The van der Waals surface area contributed by atoms with Gasteiger partial charge in [0.2, 0.25) is 0 Å². The van der Waals surface area contributed by atoms with E-state index < -0.39 is 48.2 Å². The highest BCUT2D eigenvalue weighted by atomic mass is 32.5. The molecule has 41 heavy (non-hydrogen) atoms. The molecule has 0 bridgehead atoms. The molecule has 1 aromatic carbocycles. The highest BCUT2D eigenvalue weighted by Gasteiger charge is 2.54. The fourth-order valence-corrected chi connectivity index (χ4v) is 6.59. The van der Waals surface area contributed by atoms with Gasteiger partial charge in [-0.15, -0.1) is 0 Å². The summed E-state index contributed by atoms with van der Waals surface area (Å²) in [6.45, 7) is 6.92. The number of aliphatic hydroxyl groups excluding tert-OH is 1. The number of nitrogens with zero attached hydrogens (tertiary/aromatic N) is 3. The number of hydrogen-bond donors (Lipinski definition) is 4. The van der Waals surface area contributed by atoms with Crippen molar-refractivity contribution >= 4 is 35.6 Å². The minimum atomic E-state index is -3.44. The lowest BCUT2D eigenvalue weighted by Crippen LogP contribution is -2.44. The van der Waals surface area contributed by atoms with Crippen molar-refractivity contribution in [1.29, 1.82) is 0 Å². The van der Waals surface area contributed by atoms with Crippen LogP contribution < -0.4 is 15.2 Å². The molecule has 0 amide bonds. The van der Waals surface area contributed by atoms with Crippen molar-refractivity contribution in [2.75, 3.05) is 13.2 Å². The number of esters is 1. The lowest BCUT2D eigenvalue weighted by molar-refractivity contribution is -0.148. The van der Waals surface area contributed by atoms with E-state index in [1.807, 2.05) is 26.8 Å². The maximum Gasteiger partial charge on any atom is 0.323 e. The van der Waals surface area contributed by atoms with Crippen molar-refractivity contribution in [2.24, 2.45) is 5.41 Å². The van der Waals surface area contributed by atoms with Crippen molar-refractivity contribution in [3.63, 3.8) is 0 Å². The maximum absolute atomic E-state index is 12.7. The molecule has 2 aromatic heterocycles. The monoisotopic (exact) mass is 609 g/mol. The molecule has 1 aliphatic rings. The molecule has 3 heterocycles. The van der Waals surface area contributed by atoms with Gasteiger partial charge in [-0.1, -0.05) is 39.0 Å². The van der Waals surface area contributed by atoms with Crippen LogP contribution in [0.4, 0.5) is 0 Å². The first-order chi connectivity index (χ1) is 19.1. The van der Waals surface area contributed by atoms with Gasteiger partial charge in [0.05, 0.1) is 19.5 Å². The van der Waals surface area contributed by atoms with Crippen LogP contribution in [0.1, 0.15) is 46.7 Å². The predicted octanol–water partition coefficient (Wildman–Crippen LogP) is 2.32. The van der Waals surface area contributed by atoms with Crippen molar-refractivity contribution < 1.29 is 33.5 Å². The van der Waals surface area contributed by atoms with Crippen LogP contribution in [0.15, 0.2) is 41.5 Å². The lowest BCUT2D eigenvalue weighted by atomic mass is 9.96. The minimum Gasteiger partial charge on any atom is -0.464 e. The Balaban J connectivity index is 1.53.